The molecule has 0 saturated carbocycles. The Kier molecular flexibility index (Phi) is 2.86. The van der Waals surface area contributed by atoms with Crippen molar-refractivity contribution in [1.29, 1.82) is 0 Å². The summed E-state index contributed by atoms with van der Waals surface area (Å²) in [7, 11) is 2.01. The molecule has 1 heterocycles. The molecule has 2 rings (SSSR count). The van der Waals surface area contributed by atoms with Gasteiger partial charge in [0.15, 0.2) is 0 Å². The molecule has 0 atom stereocenters. The highest BCUT2D eigenvalue weighted by atomic mass is 15.2. The van der Waals surface area contributed by atoms with Crippen LogP contribution >= 0.6 is 0 Å². The van der Waals surface area contributed by atoms with Crippen LogP contribution in [0.15, 0.2) is 36.7 Å². The van der Waals surface area contributed by atoms with Gasteiger partial charge in [0.1, 0.15) is 12.1 Å². The lowest BCUT2D eigenvalue weighted by Crippen LogP contribution is -2.11. The molecule has 0 bridgehead atoms. The first kappa shape index (κ1) is 10.6. The Balaban J connectivity index is 2.35. The Morgan fingerprint density at radius 2 is 1.88 bits per heavy atom. The summed E-state index contributed by atoms with van der Waals surface area (Å²) in [5.41, 5.74) is 3.36. The molecule has 0 spiro atoms. The second-order valence-electron chi connectivity index (χ2n) is 3.92. The molecule has 0 aliphatic heterocycles. The average Bonchev–Trinajstić information content (AvgIpc) is 2.28. The van der Waals surface area contributed by atoms with Crippen molar-refractivity contribution in [2.45, 2.75) is 13.8 Å². The van der Waals surface area contributed by atoms with E-state index in [0.29, 0.717) is 0 Å². The van der Waals surface area contributed by atoms with E-state index in [9.17, 15) is 0 Å². The highest BCUT2D eigenvalue weighted by molar-refractivity contribution is 5.59. The Hall–Kier alpha value is -1.90. The van der Waals surface area contributed by atoms with Crippen molar-refractivity contribution in [1.82, 2.24) is 9.97 Å². The molecule has 2 aromatic rings. The Morgan fingerprint density at radius 3 is 2.56 bits per heavy atom. The molecule has 82 valence electrons. The van der Waals surface area contributed by atoms with Crippen LogP contribution in [0, 0.1) is 13.8 Å². The number of aryl methyl sites for hydroxylation is 2. The van der Waals surface area contributed by atoms with Crippen LogP contribution in [0.3, 0.4) is 0 Å². The molecular weight excluding hydrogens is 198 g/mol. The minimum atomic E-state index is 0.915. The highest BCUT2D eigenvalue weighted by Gasteiger charge is 2.05. The molecule has 16 heavy (non-hydrogen) atoms. The maximum atomic E-state index is 4.26. The van der Waals surface area contributed by atoms with Crippen LogP contribution in [0.1, 0.15) is 11.3 Å². The summed E-state index contributed by atoms with van der Waals surface area (Å²) >= 11 is 0. The smallest absolute Gasteiger partial charge is 0.136 e. The monoisotopic (exact) mass is 213 g/mol. The third-order valence-corrected chi connectivity index (χ3v) is 2.52. The lowest BCUT2D eigenvalue weighted by Gasteiger charge is -2.18. The summed E-state index contributed by atoms with van der Waals surface area (Å²) in [6.45, 7) is 4.05. The Bertz CT molecular complexity index is 449. The normalized spacial score (nSPS) is 10.2. The maximum Gasteiger partial charge on any atom is 0.136 e. The second-order valence-corrected chi connectivity index (χ2v) is 3.92. The van der Waals surface area contributed by atoms with Gasteiger partial charge in [-0.25, -0.2) is 9.97 Å². The minimum Gasteiger partial charge on any atom is -0.329 e. The molecule has 1 aromatic carbocycles. The van der Waals surface area contributed by atoms with Crippen LogP contribution in [-0.4, -0.2) is 17.0 Å². The van der Waals surface area contributed by atoms with Gasteiger partial charge in [-0.2, -0.15) is 0 Å². The number of anilines is 2. The van der Waals surface area contributed by atoms with Gasteiger partial charge in [-0.3, -0.25) is 0 Å². The van der Waals surface area contributed by atoms with E-state index in [1.54, 1.807) is 6.33 Å². The molecule has 0 radical (unpaired) electrons. The number of nitrogens with zero attached hydrogens (tertiary/aromatic N) is 3. The fraction of sp³-hybridized carbons (Fsp3) is 0.231. The van der Waals surface area contributed by atoms with E-state index in [2.05, 4.69) is 46.1 Å². The van der Waals surface area contributed by atoms with Crippen molar-refractivity contribution >= 4 is 11.5 Å². The van der Waals surface area contributed by atoms with Gasteiger partial charge in [0.05, 0.1) is 0 Å². The molecule has 0 amide bonds. The van der Waals surface area contributed by atoms with Crippen LogP contribution in [0.25, 0.3) is 0 Å². The average molecular weight is 213 g/mol. The van der Waals surface area contributed by atoms with Crippen molar-refractivity contribution in [2.24, 2.45) is 0 Å². The van der Waals surface area contributed by atoms with Gasteiger partial charge in [0, 0.05) is 24.5 Å². The van der Waals surface area contributed by atoms with Crippen molar-refractivity contribution < 1.29 is 0 Å². The standard InChI is InChI=1S/C13H15N3/c1-10-5-4-6-12(7-10)16(3)13-8-11(2)14-9-15-13/h4-9H,1-3H3. The van der Waals surface area contributed by atoms with Crippen molar-refractivity contribution in [3.05, 3.63) is 47.9 Å². The Morgan fingerprint density at radius 1 is 1.06 bits per heavy atom. The largest absolute Gasteiger partial charge is 0.329 e. The minimum absolute atomic E-state index is 0.915. The molecule has 0 aliphatic carbocycles. The quantitative estimate of drug-likeness (QED) is 0.768. The zero-order chi connectivity index (χ0) is 11.5. The van der Waals surface area contributed by atoms with Crippen LogP contribution in [-0.2, 0) is 0 Å². The van der Waals surface area contributed by atoms with Crippen molar-refractivity contribution in [2.75, 3.05) is 11.9 Å². The highest BCUT2D eigenvalue weighted by Crippen LogP contribution is 2.21. The topological polar surface area (TPSA) is 29.0 Å². The lowest BCUT2D eigenvalue weighted by molar-refractivity contribution is 1.05. The predicted octanol–water partition coefficient (Wildman–Crippen LogP) is 2.86. The van der Waals surface area contributed by atoms with Gasteiger partial charge in [-0.15, -0.1) is 0 Å². The van der Waals surface area contributed by atoms with E-state index >= 15 is 0 Å². The number of hydrogen-bond acceptors (Lipinski definition) is 3. The van der Waals surface area contributed by atoms with Gasteiger partial charge >= 0.3 is 0 Å². The summed E-state index contributed by atoms with van der Waals surface area (Å²) in [4.78, 5) is 10.4. The van der Waals surface area contributed by atoms with Crippen LogP contribution in [0.5, 0.6) is 0 Å². The van der Waals surface area contributed by atoms with Gasteiger partial charge in [0.25, 0.3) is 0 Å². The molecule has 0 unspecified atom stereocenters. The van der Waals surface area contributed by atoms with E-state index in [1.165, 1.54) is 5.56 Å². The summed E-state index contributed by atoms with van der Waals surface area (Å²) in [6, 6.07) is 10.3. The lowest BCUT2D eigenvalue weighted by atomic mass is 10.2. The third-order valence-electron chi connectivity index (χ3n) is 2.52. The number of aromatic nitrogens is 2. The van der Waals surface area contributed by atoms with Crippen LogP contribution < -0.4 is 4.90 Å². The van der Waals surface area contributed by atoms with Crippen LogP contribution in [0.2, 0.25) is 0 Å². The van der Waals surface area contributed by atoms with E-state index in [4.69, 9.17) is 0 Å². The molecule has 0 N–H and O–H groups in total. The van der Waals surface area contributed by atoms with Gasteiger partial charge in [0.2, 0.25) is 0 Å². The first-order valence-electron chi connectivity index (χ1n) is 5.26. The van der Waals surface area contributed by atoms with Gasteiger partial charge in [-0.05, 0) is 31.5 Å². The molecular formula is C13H15N3. The van der Waals surface area contributed by atoms with Gasteiger partial charge in [-0.1, -0.05) is 12.1 Å². The number of hydrogen-bond donors (Lipinski definition) is 0. The second kappa shape index (κ2) is 4.31. The summed E-state index contributed by atoms with van der Waals surface area (Å²) in [5, 5.41) is 0. The zero-order valence-electron chi connectivity index (χ0n) is 9.81. The Labute approximate surface area is 95.8 Å². The molecule has 0 aliphatic rings. The van der Waals surface area contributed by atoms with E-state index in [1.807, 2.05) is 20.0 Å². The summed E-state index contributed by atoms with van der Waals surface area (Å²) < 4.78 is 0. The van der Waals surface area contributed by atoms with Crippen molar-refractivity contribution in [3.8, 4) is 0 Å². The fourth-order valence-electron chi connectivity index (χ4n) is 1.59. The first-order chi connectivity index (χ1) is 7.66. The third kappa shape index (κ3) is 2.19. The number of benzene rings is 1. The maximum absolute atomic E-state index is 4.26. The fourth-order valence-corrected chi connectivity index (χ4v) is 1.59. The van der Waals surface area contributed by atoms with E-state index in [0.717, 1.165) is 17.2 Å². The van der Waals surface area contributed by atoms with E-state index < -0.39 is 0 Å². The van der Waals surface area contributed by atoms with Crippen LogP contribution in [0.4, 0.5) is 11.5 Å². The summed E-state index contributed by atoms with van der Waals surface area (Å²) in [5.74, 6) is 0.915. The molecule has 3 heteroatoms. The van der Waals surface area contributed by atoms with E-state index in [-0.39, 0.29) is 0 Å². The first-order valence-corrected chi connectivity index (χ1v) is 5.26. The zero-order valence-corrected chi connectivity index (χ0v) is 9.81. The molecule has 3 nitrogen and oxygen atoms in total. The number of rotatable bonds is 2. The predicted molar refractivity (Wildman–Crippen MR) is 66.0 cm³/mol. The molecule has 0 fully saturated rings. The SMILES string of the molecule is Cc1cccc(N(C)c2cc(C)ncn2)c1. The van der Waals surface area contributed by atoms with Gasteiger partial charge < -0.3 is 4.90 Å². The van der Waals surface area contributed by atoms with Crippen molar-refractivity contribution in [3.63, 3.8) is 0 Å². The summed E-state index contributed by atoms with van der Waals surface area (Å²) in [6.07, 6.45) is 1.59. The molecule has 1 aromatic heterocycles. The molecule has 0 saturated heterocycles.